The molecule has 8 heteroatoms. The normalized spacial score (nSPS) is 11.7. The van der Waals surface area contributed by atoms with Gasteiger partial charge in [0, 0.05) is 6.07 Å². The first-order valence-electron chi connectivity index (χ1n) is 7.10. The van der Waals surface area contributed by atoms with Crippen LogP contribution < -0.4 is 10.6 Å². The van der Waals surface area contributed by atoms with Crippen molar-refractivity contribution in [1.29, 1.82) is 5.26 Å². The number of aromatic nitrogens is 2. The highest BCUT2D eigenvalue weighted by atomic mass is 32.1. The molecule has 0 radical (unpaired) electrons. The molecule has 0 spiro atoms. The number of nitrogens with one attached hydrogen (secondary N) is 3. The van der Waals surface area contributed by atoms with E-state index < -0.39 is 11.9 Å². The van der Waals surface area contributed by atoms with E-state index in [9.17, 15) is 9.59 Å². The smallest absolute Gasteiger partial charge is 0.263 e. The largest absolute Gasteiger partial charge is 0.339 e. The van der Waals surface area contributed by atoms with E-state index in [1.54, 1.807) is 17.5 Å². The Morgan fingerprint density at radius 3 is 2.83 bits per heavy atom. The van der Waals surface area contributed by atoms with E-state index in [4.69, 9.17) is 5.26 Å². The third kappa shape index (κ3) is 4.40. The van der Waals surface area contributed by atoms with Crippen molar-refractivity contribution in [2.24, 2.45) is 5.92 Å². The van der Waals surface area contributed by atoms with Crippen molar-refractivity contribution in [2.45, 2.75) is 26.3 Å². The maximum absolute atomic E-state index is 12.4. The molecule has 2 heterocycles. The molecular weight excluding hydrogens is 314 g/mol. The second kappa shape index (κ2) is 7.56. The van der Waals surface area contributed by atoms with Crippen molar-refractivity contribution < 1.29 is 9.59 Å². The number of anilines is 1. The molecule has 120 valence electrons. The zero-order chi connectivity index (χ0) is 16.8. The lowest BCUT2D eigenvalue weighted by Gasteiger charge is -2.19. The van der Waals surface area contributed by atoms with E-state index in [-0.39, 0.29) is 11.8 Å². The molecule has 1 atom stereocenters. The number of hydrogen-bond acceptors (Lipinski definition) is 5. The van der Waals surface area contributed by atoms with Gasteiger partial charge in [0.1, 0.15) is 22.8 Å². The topological polar surface area (TPSA) is 111 Å². The summed E-state index contributed by atoms with van der Waals surface area (Å²) < 4.78 is 0. The predicted octanol–water partition coefficient (Wildman–Crippen LogP) is 2.13. The van der Waals surface area contributed by atoms with E-state index in [1.165, 1.54) is 17.5 Å². The zero-order valence-corrected chi connectivity index (χ0v) is 13.6. The van der Waals surface area contributed by atoms with Crippen molar-refractivity contribution in [1.82, 2.24) is 15.5 Å². The fraction of sp³-hybridized carbons (Fsp3) is 0.333. The monoisotopic (exact) mass is 331 g/mol. The van der Waals surface area contributed by atoms with E-state index >= 15 is 0 Å². The van der Waals surface area contributed by atoms with E-state index in [0.717, 1.165) is 0 Å². The Balaban J connectivity index is 2.10. The van der Waals surface area contributed by atoms with Crippen LogP contribution in [0, 0.1) is 17.2 Å². The predicted molar refractivity (Wildman–Crippen MR) is 87.0 cm³/mol. The number of hydrogen-bond donors (Lipinski definition) is 3. The fourth-order valence-electron chi connectivity index (χ4n) is 2.05. The number of nitriles is 1. The highest BCUT2D eigenvalue weighted by Gasteiger charge is 2.24. The van der Waals surface area contributed by atoms with Crippen LogP contribution in [-0.2, 0) is 4.79 Å². The van der Waals surface area contributed by atoms with Gasteiger partial charge >= 0.3 is 0 Å². The number of nitrogens with zero attached hydrogens (tertiary/aromatic N) is 2. The van der Waals surface area contributed by atoms with E-state index in [0.29, 0.717) is 22.7 Å². The van der Waals surface area contributed by atoms with Crippen LogP contribution in [0.25, 0.3) is 0 Å². The lowest BCUT2D eigenvalue weighted by molar-refractivity contribution is -0.118. The van der Waals surface area contributed by atoms with Crippen molar-refractivity contribution in [2.75, 3.05) is 5.32 Å². The first kappa shape index (κ1) is 16.7. The van der Waals surface area contributed by atoms with Crippen molar-refractivity contribution in [3.63, 3.8) is 0 Å². The fourth-order valence-corrected chi connectivity index (χ4v) is 2.79. The molecule has 0 saturated heterocycles. The zero-order valence-electron chi connectivity index (χ0n) is 12.8. The number of thiophene rings is 1. The summed E-state index contributed by atoms with van der Waals surface area (Å²) in [5.41, 5.74) is 0.310. The molecule has 0 saturated carbocycles. The second-order valence-corrected chi connectivity index (χ2v) is 6.31. The molecule has 2 rings (SSSR count). The van der Waals surface area contributed by atoms with E-state index in [1.807, 2.05) is 19.9 Å². The van der Waals surface area contributed by atoms with Crippen LogP contribution >= 0.6 is 11.3 Å². The highest BCUT2D eigenvalue weighted by molar-refractivity contribution is 7.12. The molecule has 7 nitrogen and oxygen atoms in total. The molecule has 3 N–H and O–H groups in total. The van der Waals surface area contributed by atoms with Gasteiger partial charge in [-0.1, -0.05) is 13.8 Å². The Morgan fingerprint density at radius 2 is 2.22 bits per heavy atom. The van der Waals surface area contributed by atoms with Crippen LogP contribution in [0.5, 0.6) is 0 Å². The summed E-state index contributed by atoms with van der Waals surface area (Å²) in [6.45, 7) is 3.93. The van der Waals surface area contributed by atoms with Crippen molar-refractivity contribution in [3.8, 4) is 6.07 Å². The molecule has 0 fully saturated rings. The molecule has 2 aromatic heterocycles. The summed E-state index contributed by atoms with van der Waals surface area (Å²) in [6.07, 6.45) is 2.01. The van der Waals surface area contributed by atoms with Gasteiger partial charge in [-0.15, -0.1) is 11.3 Å². The van der Waals surface area contributed by atoms with Gasteiger partial charge < -0.3 is 10.6 Å². The molecule has 0 aliphatic rings. The number of carbonyl (C=O) groups excluding carboxylic acids is 2. The highest BCUT2D eigenvalue weighted by Crippen LogP contribution is 2.17. The molecule has 2 aromatic rings. The summed E-state index contributed by atoms with van der Waals surface area (Å²) in [6, 6.07) is 4.49. The Kier molecular flexibility index (Phi) is 5.49. The Hall–Kier alpha value is -2.66. The molecule has 0 aliphatic carbocycles. The summed E-state index contributed by atoms with van der Waals surface area (Å²) >= 11 is 1.18. The SMILES string of the molecule is CC(C)C[C@@H](NC(=O)c1sccc1C#N)C(=O)Nc1ccn[nH]1. The maximum atomic E-state index is 12.4. The molecule has 0 bridgehead atoms. The molecule has 0 aliphatic heterocycles. The minimum Gasteiger partial charge on any atom is -0.339 e. The van der Waals surface area contributed by atoms with Crippen LogP contribution in [0.15, 0.2) is 23.7 Å². The lowest BCUT2D eigenvalue weighted by Crippen LogP contribution is -2.44. The standard InChI is InChI=1S/C15H17N5O2S/c1-9(2)7-11(14(21)19-12-3-5-17-20-12)18-15(22)13-10(8-16)4-6-23-13/h3-6,9,11H,7H2,1-2H3,(H,18,22)(H2,17,19,20,21)/t11-/m1/s1. The van der Waals surface area contributed by atoms with Crippen molar-refractivity contribution >= 4 is 29.0 Å². The lowest BCUT2D eigenvalue weighted by atomic mass is 10.0. The number of amides is 2. The van der Waals surface area contributed by atoms with Gasteiger partial charge in [0.25, 0.3) is 5.91 Å². The first-order valence-corrected chi connectivity index (χ1v) is 7.98. The first-order chi connectivity index (χ1) is 11.0. The minimum absolute atomic E-state index is 0.214. The Labute approximate surface area is 137 Å². The van der Waals surface area contributed by atoms with Gasteiger partial charge in [0.2, 0.25) is 5.91 Å². The number of aromatic amines is 1. The summed E-state index contributed by atoms with van der Waals surface area (Å²) in [5, 5.41) is 22.5. The third-order valence-electron chi connectivity index (χ3n) is 3.08. The molecule has 0 unspecified atom stereocenters. The summed E-state index contributed by atoms with van der Waals surface area (Å²) in [7, 11) is 0. The number of rotatable bonds is 6. The molecular formula is C15H17N5O2S. The summed E-state index contributed by atoms with van der Waals surface area (Å²) in [5.74, 6) is -0.0632. The van der Waals surface area contributed by atoms with Crippen LogP contribution in [0.4, 0.5) is 5.82 Å². The van der Waals surface area contributed by atoms with Gasteiger partial charge in [-0.25, -0.2) is 0 Å². The van der Waals surface area contributed by atoms with Crippen LogP contribution in [0.1, 0.15) is 35.5 Å². The van der Waals surface area contributed by atoms with Gasteiger partial charge in [-0.05, 0) is 23.8 Å². The van der Waals surface area contributed by atoms with Crippen molar-refractivity contribution in [3.05, 3.63) is 34.2 Å². The van der Waals surface area contributed by atoms with Gasteiger partial charge in [0.05, 0.1) is 11.8 Å². The minimum atomic E-state index is -0.695. The van der Waals surface area contributed by atoms with Gasteiger partial charge in [-0.3, -0.25) is 14.7 Å². The average Bonchev–Trinajstić information content (AvgIpc) is 3.16. The van der Waals surface area contributed by atoms with Crippen LogP contribution in [-0.4, -0.2) is 28.1 Å². The third-order valence-corrected chi connectivity index (χ3v) is 3.99. The van der Waals surface area contributed by atoms with Crippen LogP contribution in [0.3, 0.4) is 0 Å². The van der Waals surface area contributed by atoms with Gasteiger partial charge in [0.15, 0.2) is 0 Å². The Bertz CT molecular complexity index is 715. The molecule has 23 heavy (non-hydrogen) atoms. The number of carbonyl (C=O) groups is 2. The average molecular weight is 331 g/mol. The molecule has 0 aromatic carbocycles. The maximum Gasteiger partial charge on any atom is 0.263 e. The quantitative estimate of drug-likeness (QED) is 0.753. The summed E-state index contributed by atoms with van der Waals surface area (Å²) in [4.78, 5) is 25.0. The Morgan fingerprint density at radius 1 is 1.43 bits per heavy atom. The number of H-pyrrole nitrogens is 1. The second-order valence-electron chi connectivity index (χ2n) is 5.39. The van der Waals surface area contributed by atoms with Gasteiger partial charge in [-0.2, -0.15) is 10.4 Å². The van der Waals surface area contributed by atoms with E-state index in [2.05, 4.69) is 20.8 Å². The van der Waals surface area contributed by atoms with Crippen LogP contribution in [0.2, 0.25) is 0 Å². The molecule has 2 amide bonds.